The number of hydrogen-bond donors (Lipinski definition) is 1. The number of para-hydroxylation sites is 1. The Bertz CT molecular complexity index is 1630. The molecule has 0 saturated carbocycles. The fourth-order valence-corrected chi connectivity index (χ4v) is 5.56. The monoisotopic (exact) mass is 500 g/mol. The number of fused-ring (bicyclic) bond motifs is 5. The van der Waals surface area contributed by atoms with Crippen molar-refractivity contribution in [2.75, 3.05) is 18.1 Å². The van der Waals surface area contributed by atoms with Gasteiger partial charge in [-0.1, -0.05) is 53.6 Å². The first kappa shape index (κ1) is 22.5. The van der Waals surface area contributed by atoms with Crippen LogP contribution in [0.5, 0.6) is 0 Å². The lowest BCUT2D eigenvalue weighted by Gasteiger charge is -2.33. The van der Waals surface area contributed by atoms with Gasteiger partial charge in [-0.3, -0.25) is 14.4 Å². The molecule has 3 heterocycles. The van der Waals surface area contributed by atoms with Crippen molar-refractivity contribution in [3.8, 4) is 0 Å². The highest BCUT2D eigenvalue weighted by Crippen LogP contribution is 2.52. The standard InChI is InChI=1S/C28H21ClN2O5/c1-16-6-11-22-19(14-16)24(33)23-25(36-22)26(34)31(12-13-32)28(23)20-4-2-3-5-21(20)30(27(28)35)15-17-7-9-18(29)10-8-17/h2-11,14,32H,12-13,15H2,1H3. The Kier molecular flexibility index (Phi) is 5.03. The smallest absolute Gasteiger partial charge is 0.291 e. The number of aryl methyl sites for hydroxylation is 1. The van der Waals surface area contributed by atoms with E-state index in [1.54, 1.807) is 59.5 Å². The summed E-state index contributed by atoms with van der Waals surface area (Å²) < 4.78 is 5.99. The van der Waals surface area contributed by atoms with Crippen molar-refractivity contribution in [3.05, 3.63) is 110 Å². The molecule has 6 rings (SSSR count). The van der Waals surface area contributed by atoms with Crippen LogP contribution in [0.2, 0.25) is 5.02 Å². The summed E-state index contributed by atoms with van der Waals surface area (Å²) in [5.74, 6) is -1.21. The third kappa shape index (κ3) is 2.93. The SMILES string of the molecule is Cc1ccc2oc3c(c(=O)c2c1)C1(C(=O)N(Cc2ccc(Cl)cc2)c2ccccc21)N(CCO)C3=O. The fraction of sp³-hybridized carbons (Fsp3) is 0.179. The van der Waals surface area contributed by atoms with Gasteiger partial charge in [0.15, 0.2) is 11.0 Å². The molecule has 7 nitrogen and oxygen atoms in total. The molecule has 0 fully saturated rings. The van der Waals surface area contributed by atoms with Crippen molar-refractivity contribution in [3.63, 3.8) is 0 Å². The summed E-state index contributed by atoms with van der Waals surface area (Å²) in [5, 5.41) is 10.8. The minimum absolute atomic E-state index is 0.00453. The molecule has 2 amide bonds. The number of β-amino-alcohol motifs (C(OH)–C–C–N with tert-alkyl or cyclic N) is 1. The van der Waals surface area contributed by atoms with E-state index in [2.05, 4.69) is 0 Å². The highest BCUT2D eigenvalue weighted by atomic mass is 35.5. The molecule has 1 unspecified atom stereocenters. The molecule has 2 aliphatic rings. The minimum atomic E-state index is -1.74. The van der Waals surface area contributed by atoms with E-state index in [1.165, 1.54) is 4.90 Å². The molecule has 0 radical (unpaired) electrons. The zero-order chi connectivity index (χ0) is 25.2. The number of hydrogen-bond acceptors (Lipinski definition) is 5. The van der Waals surface area contributed by atoms with Crippen molar-refractivity contribution >= 4 is 40.1 Å². The quantitative estimate of drug-likeness (QED) is 0.457. The summed E-state index contributed by atoms with van der Waals surface area (Å²) in [6.45, 7) is 1.53. The molecule has 0 aliphatic carbocycles. The third-order valence-corrected chi connectivity index (χ3v) is 7.22. The van der Waals surface area contributed by atoms with E-state index >= 15 is 0 Å². The molecule has 8 heteroatoms. The topological polar surface area (TPSA) is 91.1 Å². The van der Waals surface area contributed by atoms with Crippen molar-refractivity contribution in [2.24, 2.45) is 0 Å². The Morgan fingerprint density at radius 3 is 2.50 bits per heavy atom. The van der Waals surface area contributed by atoms with E-state index in [0.29, 0.717) is 21.7 Å². The van der Waals surface area contributed by atoms with Gasteiger partial charge in [-0.15, -0.1) is 0 Å². The van der Waals surface area contributed by atoms with Crippen molar-refractivity contribution in [1.82, 2.24) is 4.90 Å². The van der Waals surface area contributed by atoms with E-state index in [-0.39, 0.29) is 36.6 Å². The van der Waals surface area contributed by atoms with Gasteiger partial charge in [0.05, 0.1) is 29.8 Å². The first-order chi connectivity index (χ1) is 17.4. The average Bonchev–Trinajstić information content (AvgIpc) is 3.26. The largest absolute Gasteiger partial charge is 0.450 e. The Hall–Kier alpha value is -3.94. The Morgan fingerprint density at radius 2 is 1.75 bits per heavy atom. The van der Waals surface area contributed by atoms with Gasteiger partial charge >= 0.3 is 0 Å². The van der Waals surface area contributed by atoms with E-state index < -0.39 is 22.8 Å². The van der Waals surface area contributed by atoms with Crippen LogP contribution < -0.4 is 10.3 Å². The summed E-state index contributed by atoms with van der Waals surface area (Å²) in [5.41, 5.74) is 0.873. The second kappa shape index (κ2) is 8.05. The minimum Gasteiger partial charge on any atom is -0.450 e. The van der Waals surface area contributed by atoms with E-state index in [4.69, 9.17) is 16.0 Å². The number of aliphatic hydroxyl groups excluding tert-OH is 1. The number of nitrogens with zero attached hydrogens (tertiary/aromatic N) is 2. The molecule has 1 N–H and O–H groups in total. The van der Waals surface area contributed by atoms with Crippen LogP contribution in [0.15, 0.2) is 75.9 Å². The van der Waals surface area contributed by atoms with Crippen LogP contribution in [0.4, 0.5) is 5.69 Å². The zero-order valence-corrected chi connectivity index (χ0v) is 20.1. The number of carbonyl (C=O) groups is 2. The summed E-state index contributed by atoms with van der Waals surface area (Å²) in [7, 11) is 0. The van der Waals surface area contributed by atoms with E-state index in [9.17, 15) is 19.5 Å². The highest BCUT2D eigenvalue weighted by molar-refractivity contribution is 6.30. The highest BCUT2D eigenvalue weighted by Gasteiger charge is 2.64. The Balaban J connectivity index is 1.65. The third-order valence-electron chi connectivity index (χ3n) is 6.97. The van der Waals surface area contributed by atoms with Crippen LogP contribution in [0.1, 0.15) is 32.8 Å². The maximum atomic E-state index is 14.5. The van der Waals surface area contributed by atoms with Crippen molar-refractivity contribution in [1.29, 1.82) is 0 Å². The molecule has 3 aromatic carbocycles. The van der Waals surface area contributed by atoms with Gasteiger partial charge in [0.1, 0.15) is 5.58 Å². The Morgan fingerprint density at radius 1 is 1.00 bits per heavy atom. The maximum absolute atomic E-state index is 14.5. The van der Waals surface area contributed by atoms with Gasteiger partial charge in [0.25, 0.3) is 11.8 Å². The van der Waals surface area contributed by atoms with Gasteiger partial charge in [0.2, 0.25) is 5.76 Å². The lowest BCUT2D eigenvalue weighted by Crippen LogP contribution is -2.54. The van der Waals surface area contributed by atoms with Crippen molar-refractivity contribution < 1.29 is 19.1 Å². The predicted molar refractivity (Wildman–Crippen MR) is 135 cm³/mol. The molecular formula is C28H21ClN2O5. The summed E-state index contributed by atoms with van der Waals surface area (Å²) in [6.07, 6.45) is 0. The summed E-state index contributed by atoms with van der Waals surface area (Å²) in [6, 6.07) is 19.4. The van der Waals surface area contributed by atoms with Gasteiger partial charge in [-0.05, 0) is 42.8 Å². The molecule has 180 valence electrons. The molecule has 2 aliphatic heterocycles. The summed E-state index contributed by atoms with van der Waals surface area (Å²) in [4.78, 5) is 45.0. The van der Waals surface area contributed by atoms with Crippen LogP contribution in [-0.2, 0) is 16.9 Å². The second-order valence-corrected chi connectivity index (χ2v) is 9.50. The second-order valence-electron chi connectivity index (χ2n) is 9.06. The molecule has 1 atom stereocenters. The number of aliphatic hydroxyl groups is 1. The van der Waals surface area contributed by atoms with Crippen LogP contribution in [0.25, 0.3) is 11.0 Å². The van der Waals surface area contributed by atoms with E-state index in [0.717, 1.165) is 11.1 Å². The first-order valence-corrected chi connectivity index (χ1v) is 11.9. The van der Waals surface area contributed by atoms with Gasteiger partial charge < -0.3 is 19.3 Å². The number of anilines is 1. The molecule has 0 bridgehead atoms. The van der Waals surface area contributed by atoms with Crippen LogP contribution in [0, 0.1) is 6.92 Å². The molecule has 4 aromatic rings. The number of rotatable bonds is 4. The summed E-state index contributed by atoms with van der Waals surface area (Å²) >= 11 is 6.05. The van der Waals surface area contributed by atoms with Crippen LogP contribution in [-0.4, -0.2) is 35.0 Å². The normalized spacial score (nSPS) is 18.4. The van der Waals surface area contributed by atoms with Crippen LogP contribution in [0.3, 0.4) is 0 Å². The first-order valence-electron chi connectivity index (χ1n) is 11.5. The number of benzene rings is 3. The molecule has 1 spiro atoms. The zero-order valence-electron chi connectivity index (χ0n) is 19.3. The predicted octanol–water partition coefficient (Wildman–Crippen LogP) is 3.99. The number of carbonyl (C=O) groups excluding carboxylic acids is 2. The van der Waals surface area contributed by atoms with Gasteiger partial charge in [0, 0.05) is 17.1 Å². The number of halogens is 1. The van der Waals surface area contributed by atoms with Crippen LogP contribution >= 0.6 is 11.6 Å². The molecule has 36 heavy (non-hydrogen) atoms. The van der Waals surface area contributed by atoms with Crippen molar-refractivity contribution in [2.45, 2.75) is 19.0 Å². The average molecular weight is 501 g/mol. The maximum Gasteiger partial charge on any atom is 0.291 e. The molecule has 0 saturated heterocycles. The number of amides is 2. The lowest BCUT2D eigenvalue weighted by molar-refractivity contribution is -0.126. The van der Waals surface area contributed by atoms with E-state index in [1.807, 2.05) is 19.1 Å². The molecular weight excluding hydrogens is 480 g/mol. The fourth-order valence-electron chi connectivity index (χ4n) is 5.43. The molecule has 1 aromatic heterocycles. The lowest BCUT2D eigenvalue weighted by atomic mass is 9.84. The van der Waals surface area contributed by atoms with Gasteiger partial charge in [-0.2, -0.15) is 0 Å². The Labute approximate surface area is 211 Å². The van der Waals surface area contributed by atoms with Gasteiger partial charge in [-0.25, -0.2) is 0 Å².